The maximum absolute atomic E-state index is 12.4. The smallest absolute Gasteiger partial charge is 0.413 e. The molecule has 122 valence electrons. The molecular weight excluding hydrogens is 294 g/mol. The number of nitrogens with zero attached hydrogens (tertiary/aromatic N) is 1. The fourth-order valence-electron chi connectivity index (χ4n) is 2.60. The summed E-state index contributed by atoms with van der Waals surface area (Å²) >= 11 is 0. The molecule has 0 unspecified atom stereocenters. The third-order valence-corrected chi connectivity index (χ3v) is 3.78. The van der Waals surface area contributed by atoms with Gasteiger partial charge in [0.05, 0.1) is 12.0 Å². The topological polar surface area (TPSA) is 55.8 Å². The first-order valence-corrected chi connectivity index (χ1v) is 7.53. The molecular formula is C18H21NO4. The van der Waals surface area contributed by atoms with Crippen LogP contribution in [0.15, 0.2) is 55.6 Å². The lowest BCUT2D eigenvalue weighted by Gasteiger charge is -2.38. The van der Waals surface area contributed by atoms with E-state index in [2.05, 4.69) is 13.2 Å². The van der Waals surface area contributed by atoms with Crippen molar-refractivity contribution in [3.05, 3.63) is 61.2 Å². The average Bonchev–Trinajstić information content (AvgIpc) is 2.57. The van der Waals surface area contributed by atoms with Gasteiger partial charge < -0.3 is 9.47 Å². The Kier molecular flexibility index (Phi) is 5.97. The number of cyclic esters (lactones) is 1. The molecule has 0 saturated carbocycles. The standard InChI is InChI=1S/C18H21NO4/c1-3-8-15-16(9-4-2)19(13-23-17(15)20)18(21)22-12-14-10-6-5-7-11-14/h3-7,10-11,15-16H,1-2,8-9,12-13H2/t15-,16-/m0/s1. The van der Waals surface area contributed by atoms with E-state index in [1.54, 1.807) is 12.2 Å². The third-order valence-electron chi connectivity index (χ3n) is 3.78. The van der Waals surface area contributed by atoms with Crippen LogP contribution < -0.4 is 0 Å². The highest BCUT2D eigenvalue weighted by atomic mass is 16.6. The molecule has 1 aliphatic rings. The number of allylic oxidation sites excluding steroid dienone is 1. The lowest BCUT2D eigenvalue weighted by molar-refractivity contribution is -0.166. The van der Waals surface area contributed by atoms with Crippen molar-refractivity contribution in [2.75, 3.05) is 6.73 Å². The lowest BCUT2D eigenvalue weighted by Crippen LogP contribution is -2.53. The number of benzene rings is 1. The molecule has 0 radical (unpaired) electrons. The van der Waals surface area contributed by atoms with Gasteiger partial charge in [-0.25, -0.2) is 4.79 Å². The van der Waals surface area contributed by atoms with Crippen LogP contribution in [0.25, 0.3) is 0 Å². The van der Waals surface area contributed by atoms with E-state index in [9.17, 15) is 9.59 Å². The van der Waals surface area contributed by atoms with Gasteiger partial charge in [-0.3, -0.25) is 9.69 Å². The molecule has 23 heavy (non-hydrogen) atoms. The van der Waals surface area contributed by atoms with Gasteiger partial charge in [0.1, 0.15) is 6.61 Å². The van der Waals surface area contributed by atoms with Crippen LogP contribution in [0, 0.1) is 5.92 Å². The lowest BCUT2D eigenvalue weighted by atomic mass is 9.91. The second-order valence-corrected chi connectivity index (χ2v) is 5.33. The fraction of sp³-hybridized carbons (Fsp3) is 0.333. The molecule has 2 atom stereocenters. The summed E-state index contributed by atoms with van der Waals surface area (Å²) in [6.45, 7) is 7.45. The summed E-state index contributed by atoms with van der Waals surface area (Å²) in [6, 6.07) is 9.10. The Labute approximate surface area is 136 Å². The van der Waals surface area contributed by atoms with E-state index in [1.807, 2.05) is 30.3 Å². The van der Waals surface area contributed by atoms with Crippen molar-refractivity contribution in [3.8, 4) is 0 Å². The van der Waals surface area contributed by atoms with Gasteiger partial charge in [0.25, 0.3) is 0 Å². The number of ether oxygens (including phenoxy) is 2. The Balaban J connectivity index is 2.05. The number of esters is 1. The van der Waals surface area contributed by atoms with Gasteiger partial charge >= 0.3 is 12.1 Å². The Morgan fingerprint density at radius 2 is 1.96 bits per heavy atom. The summed E-state index contributed by atoms with van der Waals surface area (Å²) in [5, 5.41) is 0. The highest BCUT2D eigenvalue weighted by molar-refractivity contribution is 5.77. The number of hydrogen-bond donors (Lipinski definition) is 0. The Bertz CT molecular complexity index is 570. The second kappa shape index (κ2) is 8.17. The van der Waals surface area contributed by atoms with Crippen molar-refractivity contribution in [2.45, 2.75) is 25.5 Å². The van der Waals surface area contributed by atoms with Crippen molar-refractivity contribution >= 4 is 12.1 Å². The van der Waals surface area contributed by atoms with Crippen molar-refractivity contribution in [3.63, 3.8) is 0 Å². The van der Waals surface area contributed by atoms with Crippen molar-refractivity contribution < 1.29 is 19.1 Å². The summed E-state index contributed by atoms with van der Waals surface area (Å²) in [7, 11) is 0. The molecule has 1 heterocycles. The van der Waals surface area contributed by atoms with Crippen LogP contribution in [0.2, 0.25) is 0 Å². The Morgan fingerprint density at radius 1 is 1.26 bits per heavy atom. The highest BCUT2D eigenvalue weighted by Crippen LogP contribution is 2.26. The van der Waals surface area contributed by atoms with Crippen molar-refractivity contribution in [1.82, 2.24) is 4.90 Å². The normalized spacial score (nSPS) is 20.5. The van der Waals surface area contributed by atoms with Gasteiger partial charge in [-0.2, -0.15) is 0 Å². The molecule has 5 nitrogen and oxygen atoms in total. The molecule has 1 aromatic rings. The summed E-state index contributed by atoms with van der Waals surface area (Å²) in [5.41, 5.74) is 0.901. The third kappa shape index (κ3) is 4.22. The van der Waals surface area contributed by atoms with Crippen LogP contribution in [0.5, 0.6) is 0 Å². The van der Waals surface area contributed by atoms with E-state index < -0.39 is 12.0 Å². The predicted octanol–water partition coefficient (Wildman–Crippen LogP) is 3.28. The van der Waals surface area contributed by atoms with Crippen LogP contribution >= 0.6 is 0 Å². The summed E-state index contributed by atoms with van der Waals surface area (Å²) in [4.78, 5) is 25.7. The van der Waals surface area contributed by atoms with E-state index in [4.69, 9.17) is 9.47 Å². The molecule has 1 aromatic carbocycles. The van der Waals surface area contributed by atoms with Crippen molar-refractivity contribution in [1.29, 1.82) is 0 Å². The van der Waals surface area contributed by atoms with Gasteiger partial charge in [-0.15, -0.1) is 13.2 Å². The van der Waals surface area contributed by atoms with E-state index >= 15 is 0 Å². The molecule has 0 aromatic heterocycles. The van der Waals surface area contributed by atoms with Gasteiger partial charge in [0, 0.05) is 0 Å². The Hall–Kier alpha value is -2.56. The van der Waals surface area contributed by atoms with Crippen LogP contribution in [-0.2, 0) is 20.9 Å². The average molecular weight is 315 g/mol. The number of carbonyl (C=O) groups is 2. The summed E-state index contributed by atoms with van der Waals surface area (Å²) in [6.07, 6.45) is 3.79. The minimum atomic E-state index is -0.498. The van der Waals surface area contributed by atoms with Gasteiger partial charge in [0.15, 0.2) is 6.73 Å². The highest BCUT2D eigenvalue weighted by Gasteiger charge is 2.40. The van der Waals surface area contributed by atoms with E-state index in [0.717, 1.165) is 5.56 Å². The first-order valence-electron chi connectivity index (χ1n) is 7.53. The van der Waals surface area contributed by atoms with Gasteiger partial charge in [0.2, 0.25) is 0 Å². The molecule has 2 rings (SSSR count). The maximum atomic E-state index is 12.4. The van der Waals surface area contributed by atoms with E-state index in [0.29, 0.717) is 12.8 Å². The number of amides is 1. The largest absolute Gasteiger partial charge is 0.444 e. The molecule has 1 amide bonds. The second-order valence-electron chi connectivity index (χ2n) is 5.33. The number of hydrogen-bond acceptors (Lipinski definition) is 4. The molecule has 0 aliphatic carbocycles. The molecule has 5 heteroatoms. The van der Waals surface area contributed by atoms with Crippen LogP contribution in [0.3, 0.4) is 0 Å². The zero-order chi connectivity index (χ0) is 16.7. The Morgan fingerprint density at radius 3 is 2.61 bits per heavy atom. The van der Waals surface area contributed by atoms with Gasteiger partial charge in [-0.05, 0) is 18.4 Å². The van der Waals surface area contributed by atoms with Crippen LogP contribution in [0.1, 0.15) is 18.4 Å². The molecule has 0 spiro atoms. The molecule has 1 saturated heterocycles. The first kappa shape index (κ1) is 16.8. The van der Waals surface area contributed by atoms with Crippen LogP contribution in [-0.4, -0.2) is 29.7 Å². The van der Waals surface area contributed by atoms with Crippen LogP contribution in [0.4, 0.5) is 4.79 Å². The number of rotatable bonds is 6. The SMILES string of the molecule is C=CC[C@@H]1C(=O)OCN(C(=O)OCc2ccccc2)[C@H]1CC=C. The molecule has 0 bridgehead atoms. The molecule has 1 fully saturated rings. The maximum Gasteiger partial charge on any atom is 0.413 e. The quantitative estimate of drug-likeness (QED) is 0.597. The zero-order valence-corrected chi connectivity index (χ0v) is 13.0. The predicted molar refractivity (Wildman–Crippen MR) is 86.3 cm³/mol. The zero-order valence-electron chi connectivity index (χ0n) is 13.0. The monoisotopic (exact) mass is 315 g/mol. The van der Waals surface area contributed by atoms with Crippen molar-refractivity contribution in [2.24, 2.45) is 5.92 Å². The van der Waals surface area contributed by atoms with E-state index in [-0.39, 0.29) is 25.3 Å². The molecule has 1 aliphatic heterocycles. The summed E-state index contributed by atoms with van der Waals surface area (Å²) < 4.78 is 10.5. The number of carbonyl (C=O) groups excluding carboxylic acids is 2. The van der Waals surface area contributed by atoms with Gasteiger partial charge in [-0.1, -0.05) is 42.5 Å². The fourth-order valence-corrected chi connectivity index (χ4v) is 2.60. The summed E-state index contributed by atoms with van der Waals surface area (Å²) in [5.74, 6) is -0.757. The first-order chi connectivity index (χ1) is 11.2. The minimum absolute atomic E-state index is 0.0986. The minimum Gasteiger partial charge on any atom is -0.444 e. The van der Waals surface area contributed by atoms with E-state index in [1.165, 1.54) is 4.90 Å². The molecule has 0 N–H and O–H groups in total.